The lowest BCUT2D eigenvalue weighted by Crippen LogP contribution is -2.34. The second-order valence-electron chi connectivity index (χ2n) is 6.47. The molecule has 2 amide bonds. The molecular weight excluding hydrogens is 384 g/mol. The number of hydrogen-bond donors (Lipinski definition) is 2. The Balaban J connectivity index is 1.76. The Morgan fingerprint density at radius 1 is 1.34 bits per heavy atom. The van der Waals surface area contributed by atoms with Crippen molar-refractivity contribution in [3.05, 3.63) is 72.7 Å². The van der Waals surface area contributed by atoms with E-state index >= 15 is 0 Å². The van der Waals surface area contributed by atoms with Crippen molar-refractivity contribution < 1.29 is 9.53 Å². The number of nitrogens with two attached hydrogens (primary N) is 1. The SMILES string of the molecule is C=C/C=C(\C=C/C)Oc1ccc(N2C(=O)Nc3c(N)sc4nccc2c34)c(C)c1. The molecule has 1 aliphatic rings. The topological polar surface area (TPSA) is 80.5 Å². The molecule has 0 spiro atoms. The summed E-state index contributed by atoms with van der Waals surface area (Å²) in [5.74, 6) is 1.36. The Morgan fingerprint density at radius 2 is 2.17 bits per heavy atom. The lowest BCUT2D eigenvalue weighted by molar-refractivity contribution is 0.259. The number of aryl methyl sites for hydroxylation is 1. The molecule has 1 aliphatic heterocycles. The Bertz CT molecular complexity index is 1190. The van der Waals surface area contributed by atoms with Crippen LogP contribution in [0.2, 0.25) is 0 Å². The van der Waals surface area contributed by atoms with E-state index in [0.29, 0.717) is 22.2 Å². The number of anilines is 4. The predicted molar refractivity (Wildman–Crippen MR) is 120 cm³/mol. The molecule has 0 atom stereocenters. The minimum Gasteiger partial charge on any atom is -0.457 e. The zero-order valence-electron chi connectivity index (χ0n) is 16.1. The second kappa shape index (κ2) is 7.44. The van der Waals surface area contributed by atoms with Gasteiger partial charge in [-0.1, -0.05) is 30.1 Å². The summed E-state index contributed by atoms with van der Waals surface area (Å²) in [6, 6.07) is 7.19. The van der Waals surface area contributed by atoms with Crippen molar-refractivity contribution in [1.82, 2.24) is 4.98 Å². The van der Waals surface area contributed by atoms with Gasteiger partial charge in [0, 0.05) is 6.20 Å². The van der Waals surface area contributed by atoms with Crippen molar-refractivity contribution in [3.63, 3.8) is 0 Å². The van der Waals surface area contributed by atoms with Crippen LogP contribution in [0, 0.1) is 6.92 Å². The number of hydrogen-bond acceptors (Lipinski definition) is 5. The Labute approximate surface area is 172 Å². The zero-order valence-corrected chi connectivity index (χ0v) is 16.9. The molecule has 1 aromatic carbocycles. The minimum absolute atomic E-state index is 0.256. The molecule has 0 aliphatic carbocycles. The summed E-state index contributed by atoms with van der Waals surface area (Å²) in [7, 11) is 0. The van der Waals surface area contributed by atoms with E-state index in [4.69, 9.17) is 10.5 Å². The summed E-state index contributed by atoms with van der Waals surface area (Å²) in [5.41, 5.74) is 9.13. The average molecular weight is 404 g/mol. The van der Waals surface area contributed by atoms with Crippen LogP contribution in [0.1, 0.15) is 12.5 Å². The number of nitrogen functional groups attached to an aromatic ring is 1. The van der Waals surface area contributed by atoms with Gasteiger partial charge in [-0.15, -0.1) is 0 Å². The van der Waals surface area contributed by atoms with Crippen molar-refractivity contribution >= 4 is 49.6 Å². The quantitative estimate of drug-likeness (QED) is 0.410. The fraction of sp³-hybridized carbons (Fsp3) is 0.0909. The molecule has 29 heavy (non-hydrogen) atoms. The molecule has 0 radical (unpaired) electrons. The van der Waals surface area contributed by atoms with E-state index < -0.39 is 0 Å². The van der Waals surface area contributed by atoms with Gasteiger partial charge in [-0.05, 0) is 55.8 Å². The Kier molecular flexibility index (Phi) is 4.82. The fourth-order valence-corrected chi connectivity index (χ4v) is 4.21. The fourth-order valence-electron chi connectivity index (χ4n) is 3.33. The van der Waals surface area contributed by atoms with E-state index in [2.05, 4.69) is 16.9 Å². The van der Waals surface area contributed by atoms with Crippen molar-refractivity contribution in [2.75, 3.05) is 16.0 Å². The Hall–Kier alpha value is -3.58. The molecule has 7 heteroatoms. The molecule has 146 valence electrons. The third kappa shape index (κ3) is 3.25. The zero-order chi connectivity index (χ0) is 20.5. The largest absolute Gasteiger partial charge is 0.457 e. The van der Waals surface area contributed by atoms with E-state index in [-0.39, 0.29) is 6.03 Å². The predicted octanol–water partition coefficient (Wildman–Crippen LogP) is 5.90. The number of pyridine rings is 1. The summed E-state index contributed by atoms with van der Waals surface area (Å²) in [4.78, 5) is 19.7. The van der Waals surface area contributed by atoms with Gasteiger partial charge in [0.05, 0.1) is 22.4 Å². The molecule has 2 aromatic heterocycles. The van der Waals surface area contributed by atoms with Gasteiger partial charge in [-0.2, -0.15) is 0 Å². The van der Waals surface area contributed by atoms with E-state index in [0.717, 1.165) is 27.2 Å². The Morgan fingerprint density at radius 3 is 2.90 bits per heavy atom. The van der Waals surface area contributed by atoms with Crippen LogP contribution in [0.3, 0.4) is 0 Å². The maximum atomic E-state index is 12.9. The van der Waals surface area contributed by atoms with E-state index in [1.165, 1.54) is 11.3 Å². The van der Waals surface area contributed by atoms with Crippen LogP contribution in [0.15, 0.2) is 67.1 Å². The van der Waals surface area contributed by atoms with Gasteiger partial charge in [0.1, 0.15) is 21.3 Å². The summed E-state index contributed by atoms with van der Waals surface area (Å²) in [6.45, 7) is 7.57. The molecule has 0 unspecified atom stereocenters. The number of benzene rings is 1. The number of allylic oxidation sites excluding steroid dienone is 4. The number of carbonyl (C=O) groups excluding carboxylic acids is 1. The highest BCUT2D eigenvalue weighted by atomic mass is 32.1. The van der Waals surface area contributed by atoms with Gasteiger partial charge in [0.2, 0.25) is 0 Å². The number of rotatable bonds is 5. The number of nitrogens with one attached hydrogen (secondary N) is 1. The third-order valence-corrected chi connectivity index (χ3v) is 5.46. The number of thiophene rings is 1. The van der Waals surface area contributed by atoms with Crippen molar-refractivity contribution in [2.45, 2.75) is 13.8 Å². The van der Waals surface area contributed by atoms with Crippen molar-refractivity contribution in [3.8, 4) is 5.75 Å². The highest BCUT2D eigenvalue weighted by Gasteiger charge is 2.31. The first kappa shape index (κ1) is 18.8. The number of aromatic nitrogens is 1. The van der Waals surface area contributed by atoms with Crippen LogP contribution in [-0.2, 0) is 0 Å². The van der Waals surface area contributed by atoms with E-state index in [9.17, 15) is 4.79 Å². The molecule has 4 rings (SSSR count). The molecule has 3 aromatic rings. The first-order chi connectivity index (χ1) is 14.0. The molecule has 0 bridgehead atoms. The van der Waals surface area contributed by atoms with Crippen LogP contribution in [0.5, 0.6) is 5.75 Å². The number of urea groups is 1. The summed E-state index contributed by atoms with van der Waals surface area (Å²) >= 11 is 1.36. The summed E-state index contributed by atoms with van der Waals surface area (Å²) < 4.78 is 5.92. The number of amides is 2. The second-order valence-corrected chi connectivity index (χ2v) is 7.50. The molecule has 3 N–H and O–H groups in total. The van der Waals surface area contributed by atoms with E-state index in [1.807, 2.05) is 50.3 Å². The maximum absolute atomic E-state index is 12.9. The number of carbonyl (C=O) groups is 1. The van der Waals surface area contributed by atoms with Crippen LogP contribution >= 0.6 is 11.3 Å². The smallest absolute Gasteiger partial charge is 0.331 e. The van der Waals surface area contributed by atoms with Gasteiger partial charge >= 0.3 is 6.03 Å². The highest BCUT2D eigenvalue weighted by Crippen LogP contribution is 2.47. The van der Waals surface area contributed by atoms with Crippen LogP contribution in [-0.4, -0.2) is 11.0 Å². The molecule has 3 heterocycles. The highest BCUT2D eigenvalue weighted by molar-refractivity contribution is 7.23. The molecular formula is C22H20N4O2S. The summed E-state index contributed by atoms with van der Waals surface area (Å²) in [5, 5.41) is 4.31. The number of nitrogens with zero attached hydrogens (tertiary/aromatic N) is 2. The van der Waals surface area contributed by atoms with Crippen molar-refractivity contribution in [2.24, 2.45) is 0 Å². The van der Waals surface area contributed by atoms with Gasteiger partial charge in [-0.3, -0.25) is 4.90 Å². The third-order valence-electron chi connectivity index (χ3n) is 4.53. The molecule has 0 fully saturated rings. The van der Waals surface area contributed by atoms with E-state index in [1.54, 1.807) is 23.2 Å². The average Bonchev–Trinajstić information content (AvgIpc) is 3.00. The normalized spacial score (nSPS) is 13.8. The van der Waals surface area contributed by atoms with Gasteiger partial charge in [0.25, 0.3) is 0 Å². The first-order valence-electron chi connectivity index (χ1n) is 9.05. The standard InChI is InChI=1S/C22H20N4O2S/c1-4-6-14(7-5-2)28-15-8-9-16(13(3)12-15)26-17-10-11-24-21-18(17)19(20(23)29-21)25-22(26)27/h4-12H,1,23H2,2-3H3,(H,25,27)/b7-5-,14-6+. The molecule has 0 saturated carbocycles. The van der Waals surface area contributed by atoms with Crippen molar-refractivity contribution in [1.29, 1.82) is 0 Å². The first-order valence-corrected chi connectivity index (χ1v) is 9.87. The van der Waals surface area contributed by atoms with Gasteiger partial charge in [-0.25, -0.2) is 9.78 Å². The van der Waals surface area contributed by atoms with Crippen LogP contribution < -0.4 is 20.7 Å². The lowest BCUT2D eigenvalue weighted by atomic mass is 10.1. The van der Waals surface area contributed by atoms with Gasteiger partial charge < -0.3 is 15.8 Å². The minimum atomic E-state index is -0.256. The van der Waals surface area contributed by atoms with Crippen LogP contribution in [0.25, 0.3) is 10.2 Å². The number of ether oxygens (including phenoxy) is 1. The molecule has 6 nitrogen and oxygen atoms in total. The van der Waals surface area contributed by atoms with Crippen LogP contribution in [0.4, 0.5) is 26.9 Å². The summed E-state index contributed by atoms with van der Waals surface area (Å²) in [6.07, 6.45) is 8.91. The monoisotopic (exact) mass is 404 g/mol. The molecule has 0 saturated heterocycles. The maximum Gasteiger partial charge on any atom is 0.331 e. The van der Waals surface area contributed by atoms with Gasteiger partial charge in [0.15, 0.2) is 0 Å². The lowest BCUT2D eigenvalue weighted by Gasteiger charge is -2.29.